The van der Waals surface area contributed by atoms with Crippen molar-refractivity contribution in [3.63, 3.8) is 0 Å². The van der Waals surface area contributed by atoms with Gasteiger partial charge in [0.15, 0.2) is 0 Å². The van der Waals surface area contributed by atoms with Crippen molar-refractivity contribution in [1.82, 2.24) is 15.6 Å². The van der Waals surface area contributed by atoms with E-state index in [1.165, 1.54) is 0 Å². The lowest BCUT2D eigenvalue weighted by atomic mass is 9.99. The Morgan fingerprint density at radius 3 is 2.14 bits per heavy atom. The third kappa shape index (κ3) is 10.3. The monoisotopic (exact) mass is 582 g/mol. The Morgan fingerprint density at radius 1 is 0.791 bits per heavy atom. The van der Waals surface area contributed by atoms with E-state index in [0.717, 1.165) is 16.7 Å². The van der Waals surface area contributed by atoms with Crippen LogP contribution in [0.25, 0.3) is 11.1 Å². The Hall–Kier alpha value is -5.22. The van der Waals surface area contributed by atoms with Crippen LogP contribution in [0.2, 0.25) is 0 Å². The zero-order valence-corrected chi connectivity index (χ0v) is 23.5. The number of aliphatic carboxylic acids is 1. The highest BCUT2D eigenvalue weighted by Crippen LogP contribution is 2.23. The van der Waals surface area contributed by atoms with Gasteiger partial charge in [0.25, 0.3) is 0 Å². The van der Waals surface area contributed by atoms with Crippen molar-refractivity contribution in [3.05, 3.63) is 120 Å². The number of aromatic nitrogens is 1. The largest absolute Gasteiger partial charge is 0.481 e. The SMILES string of the molecule is O=C(O)CC(NC(=O)C(COCc1ccccc1)NC(=O)OCCNc1ccccn1)c1ccc(-c2ccccc2)cc1. The second-order valence-electron chi connectivity index (χ2n) is 9.62. The van der Waals surface area contributed by atoms with Crippen molar-refractivity contribution in [3.8, 4) is 11.1 Å². The van der Waals surface area contributed by atoms with Crippen LogP contribution >= 0.6 is 0 Å². The van der Waals surface area contributed by atoms with Gasteiger partial charge < -0.3 is 30.5 Å². The molecule has 0 saturated heterocycles. The third-order valence-corrected chi connectivity index (χ3v) is 6.43. The zero-order valence-electron chi connectivity index (χ0n) is 23.5. The third-order valence-electron chi connectivity index (χ3n) is 6.43. The number of benzene rings is 3. The molecule has 4 aromatic rings. The molecule has 0 aliphatic carbocycles. The van der Waals surface area contributed by atoms with E-state index in [9.17, 15) is 19.5 Å². The van der Waals surface area contributed by atoms with Crippen LogP contribution in [0.3, 0.4) is 0 Å². The van der Waals surface area contributed by atoms with Gasteiger partial charge in [0.05, 0.1) is 32.2 Å². The molecule has 0 aliphatic heterocycles. The number of alkyl carbamates (subject to hydrolysis) is 1. The number of ether oxygens (including phenoxy) is 2. The predicted molar refractivity (Wildman–Crippen MR) is 162 cm³/mol. The van der Waals surface area contributed by atoms with Gasteiger partial charge in [-0.1, -0.05) is 91.0 Å². The summed E-state index contributed by atoms with van der Waals surface area (Å²) in [6.07, 6.45) is 0.481. The topological polar surface area (TPSA) is 139 Å². The number of carbonyl (C=O) groups excluding carboxylic acids is 2. The molecule has 0 bridgehead atoms. The van der Waals surface area contributed by atoms with E-state index in [2.05, 4.69) is 20.9 Å². The van der Waals surface area contributed by atoms with Gasteiger partial charge in [-0.15, -0.1) is 0 Å². The Bertz CT molecular complexity index is 1440. The first kappa shape index (κ1) is 30.7. The normalized spacial score (nSPS) is 12.0. The lowest BCUT2D eigenvalue weighted by Crippen LogP contribution is -2.50. The maximum Gasteiger partial charge on any atom is 0.407 e. The van der Waals surface area contributed by atoms with E-state index in [1.807, 2.05) is 78.9 Å². The number of carboxylic acids is 1. The summed E-state index contributed by atoms with van der Waals surface area (Å²) in [5, 5.41) is 17.9. The van der Waals surface area contributed by atoms with Crippen molar-refractivity contribution in [1.29, 1.82) is 0 Å². The molecule has 0 fully saturated rings. The summed E-state index contributed by atoms with van der Waals surface area (Å²) in [7, 11) is 0. The number of carbonyl (C=O) groups is 3. The Balaban J connectivity index is 1.40. The fourth-order valence-electron chi connectivity index (χ4n) is 4.26. The molecule has 43 heavy (non-hydrogen) atoms. The van der Waals surface area contributed by atoms with Gasteiger partial charge in [-0.3, -0.25) is 9.59 Å². The smallest absolute Gasteiger partial charge is 0.407 e. The molecule has 1 aromatic heterocycles. The molecule has 2 amide bonds. The molecule has 0 spiro atoms. The van der Waals surface area contributed by atoms with E-state index < -0.39 is 30.1 Å². The van der Waals surface area contributed by atoms with Crippen LogP contribution in [-0.2, 0) is 25.7 Å². The lowest BCUT2D eigenvalue weighted by Gasteiger charge is -2.23. The zero-order chi connectivity index (χ0) is 30.3. The quantitative estimate of drug-likeness (QED) is 0.147. The molecule has 1 heterocycles. The van der Waals surface area contributed by atoms with Crippen LogP contribution in [0.4, 0.5) is 10.6 Å². The minimum atomic E-state index is -1.14. The minimum Gasteiger partial charge on any atom is -0.481 e. The number of nitrogens with one attached hydrogen (secondary N) is 3. The molecule has 3 aromatic carbocycles. The second-order valence-corrected chi connectivity index (χ2v) is 9.62. The summed E-state index contributed by atoms with van der Waals surface area (Å²) in [4.78, 5) is 41.9. The molecule has 2 unspecified atom stereocenters. The van der Waals surface area contributed by atoms with Crippen molar-refractivity contribution in [2.24, 2.45) is 0 Å². The number of carboxylic acid groups (broad SMARTS) is 1. The van der Waals surface area contributed by atoms with Crippen LogP contribution in [0.1, 0.15) is 23.6 Å². The van der Waals surface area contributed by atoms with Gasteiger partial charge in [-0.25, -0.2) is 9.78 Å². The number of pyridine rings is 1. The first-order valence-corrected chi connectivity index (χ1v) is 13.9. The van der Waals surface area contributed by atoms with Crippen LogP contribution in [-0.4, -0.2) is 53.9 Å². The number of hydrogen-bond acceptors (Lipinski definition) is 7. The fraction of sp³-hybridized carbons (Fsp3) is 0.212. The van der Waals surface area contributed by atoms with Gasteiger partial charge in [0, 0.05) is 6.20 Å². The first-order chi connectivity index (χ1) is 21.0. The van der Waals surface area contributed by atoms with E-state index in [-0.39, 0.29) is 26.2 Å². The Kier molecular flexibility index (Phi) is 11.6. The maximum absolute atomic E-state index is 13.4. The molecule has 2 atom stereocenters. The highest BCUT2D eigenvalue weighted by Gasteiger charge is 2.26. The molecule has 10 heteroatoms. The molecular formula is C33H34N4O6. The molecule has 222 valence electrons. The highest BCUT2D eigenvalue weighted by molar-refractivity contribution is 5.86. The Labute approximate surface area is 250 Å². The molecule has 4 N–H and O–H groups in total. The van der Waals surface area contributed by atoms with Gasteiger partial charge in [0.1, 0.15) is 18.5 Å². The summed E-state index contributed by atoms with van der Waals surface area (Å²) >= 11 is 0. The number of hydrogen-bond donors (Lipinski definition) is 4. The average molecular weight is 583 g/mol. The summed E-state index contributed by atoms with van der Waals surface area (Å²) in [6.45, 7) is 0.395. The van der Waals surface area contributed by atoms with Gasteiger partial charge in [-0.2, -0.15) is 0 Å². The van der Waals surface area contributed by atoms with E-state index in [0.29, 0.717) is 17.9 Å². The van der Waals surface area contributed by atoms with E-state index in [1.54, 1.807) is 30.5 Å². The van der Waals surface area contributed by atoms with Crippen LogP contribution < -0.4 is 16.0 Å². The van der Waals surface area contributed by atoms with Crippen molar-refractivity contribution < 1.29 is 29.0 Å². The fourth-order valence-corrected chi connectivity index (χ4v) is 4.26. The van der Waals surface area contributed by atoms with Crippen LogP contribution in [0.5, 0.6) is 0 Å². The Morgan fingerprint density at radius 2 is 1.47 bits per heavy atom. The first-order valence-electron chi connectivity index (χ1n) is 13.9. The lowest BCUT2D eigenvalue weighted by molar-refractivity contribution is -0.138. The molecular weight excluding hydrogens is 548 g/mol. The van der Waals surface area contributed by atoms with Gasteiger partial charge in [0.2, 0.25) is 5.91 Å². The predicted octanol–water partition coefficient (Wildman–Crippen LogP) is 4.80. The summed E-state index contributed by atoms with van der Waals surface area (Å²) in [5.41, 5.74) is 3.48. The van der Waals surface area contributed by atoms with Crippen LogP contribution in [0, 0.1) is 0 Å². The van der Waals surface area contributed by atoms with Gasteiger partial charge >= 0.3 is 12.1 Å². The maximum atomic E-state index is 13.4. The van der Waals surface area contributed by atoms with Crippen molar-refractivity contribution in [2.45, 2.75) is 25.1 Å². The molecule has 10 nitrogen and oxygen atoms in total. The number of anilines is 1. The number of nitrogens with zero attached hydrogens (tertiary/aromatic N) is 1. The number of rotatable bonds is 15. The summed E-state index contributed by atoms with van der Waals surface area (Å²) in [5.74, 6) is -1.04. The van der Waals surface area contributed by atoms with Gasteiger partial charge in [-0.05, 0) is 34.4 Å². The molecule has 0 aliphatic rings. The van der Waals surface area contributed by atoms with Crippen LogP contribution in [0.15, 0.2) is 109 Å². The summed E-state index contributed by atoms with van der Waals surface area (Å²) < 4.78 is 11.0. The second kappa shape index (κ2) is 16.3. The van der Waals surface area contributed by atoms with E-state index >= 15 is 0 Å². The molecule has 4 rings (SSSR count). The average Bonchev–Trinajstić information content (AvgIpc) is 3.03. The summed E-state index contributed by atoms with van der Waals surface area (Å²) in [6, 6.07) is 29.9. The minimum absolute atomic E-state index is 0.0248. The standard InChI is InChI=1S/C33H34N4O6/c38-31(39)21-28(27-16-14-26(15-17-27)25-11-5-2-6-12-25)36-32(40)29(23-42-22-24-9-3-1-4-10-24)37-33(41)43-20-19-35-30-13-7-8-18-34-30/h1-18,28-29H,19-23H2,(H,34,35)(H,36,40)(H,37,41)(H,38,39). The highest BCUT2D eigenvalue weighted by atomic mass is 16.5. The molecule has 0 saturated carbocycles. The number of amides is 2. The van der Waals surface area contributed by atoms with Crippen molar-refractivity contribution >= 4 is 23.8 Å². The van der Waals surface area contributed by atoms with E-state index in [4.69, 9.17) is 9.47 Å². The molecule has 0 radical (unpaired) electrons. The van der Waals surface area contributed by atoms with Crippen molar-refractivity contribution in [2.75, 3.05) is 25.1 Å².